The highest BCUT2D eigenvalue weighted by Crippen LogP contribution is 2.43. The number of nitrogens with two attached hydrogens (primary N) is 2. The van der Waals surface area contributed by atoms with Crippen LogP contribution in [0.3, 0.4) is 0 Å². The van der Waals surface area contributed by atoms with Gasteiger partial charge in [0.1, 0.15) is 11.0 Å². The van der Waals surface area contributed by atoms with Crippen molar-refractivity contribution in [2.75, 3.05) is 18.8 Å². The average molecular weight is 473 g/mol. The molecule has 0 spiro atoms. The third kappa shape index (κ3) is 3.64. The zero-order chi connectivity index (χ0) is 21.5. The van der Waals surface area contributed by atoms with Crippen molar-refractivity contribution in [3.8, 4) is 22.5 Å². The summed E-state index contributed by atoms with van der Waals surface area (Å²) >= 11 is 2.47. The number of aromatic amines is 1. The Bertz CT molecular complexity index is 1270. The Morgan fingerprint density at radius 3 is 2.87 bits per heavy atom. The lowest BCUT2D eigenvalue weighted by Crippen LogP contribution is -2.23. The number of para-hydroxylation sites is 1. The van der Waals surface area contributed by atoms with Crippen LogP contribution >= 0.6 is 23.3 Å². The van der Waals surface area contributed by atoms with Crippen LogP contribution in [0, 0.1) is 5.92 Å². The number of benzene rings is 2. The first-order chi connectivity index (χ1) is 15.1. The second-order valence-corrected chi connectivity index (χ2v) is 10.6. The van der Waals surface area contributed by atoms with Gasteiger partial charge in [-0.1, -0.05) is 36.5 Å². The van der Waals surface area contributed by atoms with Crippen molar-refractivity contribution < 1.29 is 4.21 Å². The molecule has 0 amide bonds. The lowest BCUT2D eigenvalue weighted by atomic mass is 9.98. The van der Waals surface area contributed by atoms with E-state index in [4.69, 9.17) is 10.9 Å². The standard InChI is InChI=1S/C19H20N8OS3/c1-10-7-8-27(9-10)31(28)14-6-5-11(15(17(14)30-21)18-23-25-26-24-18)12-3-2-4-13-16(12)22-19(20)29-13/h2-6,10H,7-9,21H2,1H3,(H2,20,22)(H,23,24,25,26)/t10-,31?/m0/s1. The van der Waals surface area contributed by atoms with Gasteiger partial charge in [0.25, 0.3) is 0 Å². The maximum Gasteiger partial charge on any atom is 0.206 e. The predicted octanol–water partition coefficient (Wildman–Crippen LogP) is 3.06. The monoisotopic (exact) mass is 472 g/mol. The molecule has 2 atom stereocenters. The number of aromatic nitrogens is 5. The SMILES string of the molecule is C[C@H]1CCN(S(=O)c2ccc(-c3cccc4sc(N)nc34)c(-c3nn[nH]n3)c2SN)C1. The van der Waals surface area contributed by atoms with Crippen molar-refractivity contribution in [2.24, 2.45) is 11.1 Å². The molecular formula is C19H20N8OS3. The van der Waals surface area contributed by atoms with Gasteiger partial charge in [-0.05, 0) is 47.2 Å². The molecule has 1 aliphatic rings. The Morgan fingerprint density at radius 1 is 1.29 bits per heavy atom. The number of nitrogen functional groups attached to an aromatic ring is 1. The van der Waals surface area contributed by atoms with Crippen molar-refractivity contribution in [3.05, 3.63) is 30.3 Å². The molecular weight excluding hydrogens is 452 g/mol. The van der Waals surface area contributed by atoms with Crippen molar-refractivity contribution in [1.82, 2.24) is 29.9 Å². The minimum atomic E-state index is -1.34. The molecule has 0 aliphatic carbocycles. The van der Waals surface area contributed by atoms with Gasteiger partial charge in [-0.3, -0.25) is 5.14 Å². The van der Waals surface area contributed by atoms with Crippen LogP contribution in [0.25, 0.3) is 32.7 Å². The number of H-pyrrole nitrogens is 1. The molecule has 0 saturated carbocycles. The summed E-state index contributed by atoms with van der Waals surface area (Å²) in [6.45, 7) is 3.75. The summed E-state index contributed by atoms with van der Waals surface area (Å²) in [6.07, 6.45) is 1.03. The molecule has 5 rings (SSSR count). The highest BCUT2D eigenvalue weighted by molar-refractivity contribution is 7.97. The van der Waals surface area contributed by atoms with Crippen molar-refractivity contribution in [1.29, 1.82) is 0 Å². The molecule has 3 heterocycles. The summed E-state index contributed by atoms with van der Waals surface area (Å²) in [5.41, 5.74) is 9.16. The van der Waals surface area contributed by atoms with Crippen LogP contribution in [0.15, 0.2) is 40.1 Å². The fourth-order valence-electron chi connectivity index (χ4n) is 3.90. The van der Waals surface area contributed by atoms with E-state index in [1.807, 2.05) is 34.6 Å². The predicted molar refractivity (Wildman–Crippen MR) is 124 cm³/mol. The molecule has 1 aliphatic heterocycles. The highest BCUT2D eigenvalue weighted by atomic mass is 32.2. The van der Waals surface area contributed by atoms with Gasteiger partial charge in [0, 0.05) is 24.2 Å². The van der Waals surface area contributed by atoms with Gasteiger partial charge < -0.3 is 5.73 Å². The summed E-state index contributed by atoms with van der Waals surface area (Å²) in [7, 11) is -1.34. The molecule has 0 bridgehead atoms. The van der Waals surface area contributed by atoms with E-state index in [0.29, 0.717) is 32.2 Å². The van der Waals surface area contributed by atoms with Gasteiger partial charge in [-0.25, -0.2) is 13.5 Å². The average Bonchev–Trinajstić information content (AvgIpc) is 3.52. The number of tetrazole rings is 1. The number of rotatable bonds is 5. The highest BCUT2D eigenvalue weighted by Gasteiger charge is 2.29. The molecule has 1 saturated heterocycles. The third-order valence-electron chi connectivity index (χ3n) is 5.34. The minimum absolute atomic E-state index is 0.386. The van der Waals surface area contributed by atoms with Crippen molar-refractivity contribution >= 4 is 49.6 Å². The first-order valence-corrected chi connectivity index (χ1v) is 12.5. The molecule has 160 valence electrons. The Balaban J connectivity index is 1.74. The molecule has 2 aromatic heterocycles. The number of nitrogens with one attached hydrogen (secondary N) is 1. The van der Waals surface area contributed by atoms with Crippen LogP contribution < -0.4 is 10.9 Å². The van der Waals surface area contributed by atoms with Gasteiger partial charge in [0.05, 0.1) is 20.0 Å². The fraction of sp³-hybridized carbons (Fsp3) is 0.263. The normalized spacial score (nSPS) is 18.1. The summed E-state index contributed by atoms with van der Waals surface area (Å²) in [4.78, 5) is 5.83. The summed E-state index contributed by atoms with van der Waals surface area (Å²) in [5, 5.41) is 21.3. The third-order valence-corrected chi connectivity index (χ3v) is 8.50. The second-order valence-electron chi connectivity index (χ2n) is 7.40. The van der Waals surface area contributed by atoms with E-state index in [9.17, 15) is 4.21 Å². The van der Waals surface area contributed by atoms with Crippen molar-refractivity contribution in [2.45, 2.75) is 23.1 Å². The summed E-state index contributed by atoms with van der Waals surface area (Å²) < 4.78 is 16.4. The van der Waals surface area contributed by atoms with Crippen LogP contribution in [0.2, 0.25) is 0 Å². The Morgan fingerprint density at radius 2 is 2.16 bits per heavy atom. The van der Waals surface area contributed by atoms with E-state index < -0.39 is 11.0 Å². The van der Waals surface area contributed by atoms with E-state index in [1.165, 1.54) is 11.3 Å². The van der Waals surface area contributed by atoms with Crippen LogP contribution in [0.4, 0.5) is 5.13 Å². The molecule has 9 nitrogen and oxygen atoms in total. The van der Waals surface area contributed by atoms with E-state index >= 15 is 0 Å². The minimum Gasteiger partial charge on any atom is -0.375 e. The van der Waals surface area contributed by atoms with Crippen LogP contribution in [-0.2, 0) is 11.0 Å². The van der Waals surface area contributed by atoms with Gasteiger partial charge in [0.15, 0.2) is 5.13 Å². The smallest absolute Gasteiger partial charge is 0.206 e. The number of fused-ring (bicyclic) bond motifs is 1. The van der Waals surface area contributed by atoms with Crippen LogP contribution in [0.1, 0.15) is 13.3 Å². The molecule has 4 aromatic rings. The maximum atomic E-state index is 13.4. The van der Waals surface area contributed by atoms with Crippen LogP contribution in [0.5, 0.6) is 0 Å². The van der Waals surface area contributed by atoms with E-state index in [2.05, 4.69) is 32.5 Å². The first kappa shape index (κ1) is 20.5. The molecule has 12 heteroatoms. The lowest BCUT2D eigenvalue weighted by Gasteiger charge is -2.19. The van der Waals surface area contributed by atoms with Crippen LogP contribution in [-0.4, -0.2) is 47.2 Å². The number of hydrogen-bond donors (Lipinski definition) is 3. The van der Waals surface area contributed by atoms with E-state index in [0.717, 1.165) is 52.8 Å². The molecule has 2 aromatic carbocycles. The van der Waals surface area contributed by atoms with E-state index in [1.54, 1.807) is 0 Å². The summed E-state index contributed by atoms with van der Waals surface area (Å²) in [5.74, 6) is 0.901. The zero-order valence-electron chi connectivity index (χ0n) is 16.6. The molecule has 31 heavy (non-hydrogen) atoms. The van der Waals surface area contributed by atoms with Gasteiger partial charge in [-0.2, -0.15) is 5.21 Å². The number of anilines is 1. The number of thiazole rings is 1. The largest absolute Gasteiger partial charge is 0.375 e. The maximum absolute atomic E-state index is 13.4. The molecule has 0 radical (unpaired) electrons. The topological polar surface area (TPSA) is 140 Å². The Labute approximate surface area is 189 Å². The van der Waals surface area contributed by atoms with E-state index in [-0.39, 0.29) is 0 Å². The Hall–Kier alpha value is -2.38. The second kappa shape index (κ2) is 8.28. The molecule has 5 N–H and O–H groups in total. The molecule has 1 fully saturated rings. The van der Waals surface area contributed by atoms with Gasteiger partial charge in [0.2, 0.25) is 5.82 Å². The Kier molecular flexibility index (Phi) is 5.48. The quantitative estimate of drug-likeness (QED) is 0.377. The van der Waals surface area contributed by atoms with Gasteiger partial charge in [-0.15, -0.1) is 10.2 Å². The summed E-state index contributed by atoms with van der Waals surface area (Å²) in [6, 6.07) is 9.73. The lowest BCUT2D eigenvalue weighted by molar-refractivity contribution is 0.512. The number of hydrogen-bond acceptors (Lipinski definition) is 9. The fourth-order valence-corrected chi connectivity index (χ4v) is 6.91. The molecule has 1 unspecified atom stereocenters. The number of nitrogens with zero attached hydrogens (tertiary/aromatic N) is 5. The zero-order valence-corrected chi connectivity index (χ0v) is 19.1. The van der Waals surface area contributed by atoms with Crippen molar-refractivity contribution in [3.63, 3.8) is 0 Å². The first-order valence-electron chi connectivity index (χ1n) is 9.66. The van der Waals surface area contributed by atoms with Gasteiger partial charge >= 0.3 is 0 Å².